The number of carboxylic acid groups (broad SMARTS) is 2. The molecule has 0 bridgehead atoms. The summed E-state index contributed by atoms with van der Waals surface area (Å²) in [6, 6.07) is 0. The third-order valence-corrected chi connectivity index (χ3v) is 6.28. The molecule has 170 valence electrons. The molecule has 0 fully saturated rings. The van der Waals surface area contributed by atoms with Gasteiger partial charge < -0.3 is 19.7 Å². The Morgan fingerprint density at radius 2 is 1.47 bits per heavy atom. The summed E-state index contributed by atoms with van der Waals surface area (Å²) in [6.45, 7) is 12.2. The molecule has 6 nitrogen and oxygen atoms in total. The second-order valence-electron chi connectivity index (χ2n) is 10.3. The number of aliphatic carboxylic acids is 2. The van der Waals surface area contributed by atoms with Gasteiger partial charge in [-0.25, -0.2) is 9.59 Å². The molecule has 30 heavy (non-hydrogen) atoms. The van der Waals surface area contributed by atoms with Crippen molar-refractivity contribution in [2.24, 2.45) is 10.8 Å². The van der Waals surface area contributed by atoms with Crippen molar-refractivity contribution in [1.82, 2.24) is 0 Å². The van der Waals surface area contributed by atoms with E-state index in [2.05, 4.69) is 39.8 Å². The lowest BCUT2D eigenvalue weighted by Gasteiger charge is -2.34. The van der Waals surface area contributed by atoms with Crippen LogP contribution in [0.25, 0.3) is 0 Å². The van der Waals surface area contributed by atoms with Crippen LogP contribution in [-0.2, 0) is 19.1 Å². The highest BCUT2D eigenvalue weighted by molar-refractivity contribution is 5.83. The zero-order chi connectivity index (χ0) is 22.7. The van der Waals surface area contributed by atoms with E-state index >= 15 is 0 Å². The molecule has 0 spiro atoms. The number of rotatable bonds is 9. The first-order chi connectivity index (χ1) is 13.8. The van der Waals surface area contributed by atoms with Crippen LogP contribution < -0.4 is 0 Å². The monoisotopic (exact) mass is 422 g/mol. The largest absolute Gasteiger partial charge is 0.479 e. The summed E-state index contributed by atoms with van der Waals surface area (Å²) < 4.78 is 11.6. The maximum absolute atomic E-state index is 11.9. The number of carbonyl (C=O) groups is 2. The summed E-state index contributed by atoms with van der Waals surface area (Å²) in [5, 5.41) is 19.5. The molecule has 0 aromatic heterocycles. The van der Waals surface area contributed by atoms with E-state index in [4.69, 9.17) is 9.47 Å². The van der Waals surface area contributed by atoms with Gasteiger partial charge in [0, 0.05) is 0 Å². The van der Waals surface area contributed by atoms with Crippen LogP contribution in [0.1, 0.15) is 80.1 Å². The van der Waals surface area contributed by atoms with Crippen molar-refractivity contribution in [3.63, 3.8) is 0 Å². The van der Waals surface area contributed by atoms with Crippen molar-refractivity contribution in [2.75, 3.05) is 0 Å². The van der Waals surface area contributed by atoms with E-state index in [1.807, 2.05) is 0 Å². The van der Waals surface area contributed by atoms with E-state index in [-0.39, 0.29) is 10.8 Å². The Kier molecular flexibility index (Phi) is 7.91. The Bertz CT molecular complexity index is 702. The topological polar surface area (TPSA) is 93.1 Å². The standard InChI is InChI=1S/C24H38O6/c1-15(17-9-7-11-23(3,4)13-17)29-19(21(25)26)20(22(27)28)30-16(2)18-10-8-12-24(5,6)14-18/h9,14-16,19-20H,7-8,10-13H2,1-6H3,(H,25,26)(H,27,28). The van der Waals surface area contributed by atoms with E-state index in [1.54, 1.807) is 13.8 Å². The molecule has 2 N–H and O–H groups in total. The lowest BCUT2D eigenvalue weighted by Crippen LogP contribution is -2.47. The van der Waals surface area contributed by atoms with Crippen molar-refractivity contribution in [2.45, 2.75) is 104 Å². The first-order valence-corrected chi connectivity index (χ1v) is 11.0. The van der Waals surface area contributed by atoms with E-state index in [1.165, 1.54) is 0 Å². The number of carboxylic acids is 2. The third kappa shape index (κ3) is 6.67. The summed E-state index contributed by atoms with van der Waals surface area (Å²) >= 11 is 0. The molecule has 4 unspecified atom stereocenters. The highest BCUT2D eigenvalue weighted by Gasteiger charge is 2.40. The molecule has 4 atom stereocenters. The summed E-state index contributed by atoms with van der Waals surface area (Å²) in [7, 11) is 0. The Labute approximate surface area is 180 Å². The predicted octanol–water partition coefficient (Wildman–Crippen LogP) is 4.98. The van der Waals surface area contributed by atoms with Crippen LogP contribution in [0, 0.1) is 10.8 Å². The predicted molar refractivity (Wildman–Crippen MR) is 115 cm³/mol. The summed E-state index contributed by atoms with van der Waals surface area (Å²) in [5.74, 6) is -2.65. The molecule has 0 aromatic rings. The molecule has 6 heteroatoms. The molecular weight excluding hydrogens is 384 g/mol. The number of allylic oxidation sites excluding steroid dienone is 2. The fraction of sp³-hybridized carbons (Fsp3) is 0.750. The molecule has 2 aliphatic carbocycles. The SMILES string of the molecule is CC(OC(C(=O)O)C(OC(C)C1=CCCC(C)(C)C1)C(=O)O)C1=CC(C)(C)CCC1. The van der Waals surface area contributed by atoms with Gasteiger partial charge in [-0.1, -0.05) is 39.8 Å². The molecular formula is C24H38O6. The van der Waals surface area contributed by atoms with E-state index in [9.17, 15) is 19.8 Å². The quantitative estimate of drug-likeness (QED) is 0.509. The van der Waals surface area contributed by atoms with E-state index < -0.39 is 36.4 Å². The van der Waals surface area contributed by atoms with Gasteiger partial charge in [0.05, 0.1) is 12.2 Å². The highest BCUT2D eigenvalue weighted by Crippen LogP contribution is 2.38. The van der Waals surface area contributed by atoms with Crippen LogP contribution >= 0.6 is 0 Å². The Morgan fingerprint density at radius 1 is 0.933 bits per heavy atom. The average molecular weight is 423 g/mol. The number of hydrogen-bond acceptors (Lipinski definition) is 4. The van der Waals surface area contributed by atoms with Crippen molar-refractivity contribution in [3.05, 3.63) is 23.3 Å². The molecule has 0 saturated heterocycles. The first kappa shape index (κ1) is 24.6. The van der Waals surface area contributed by atoms with Gasteiger partial charge in [0.25, 0.3) is 0 Å². The first-order valence-electron chi connectivity index (χ1n) is 11.0. The fourth-order valence-corrected chi connectivity index (χ4v) is 4.52. The smallest absolute Gasteiger partial charge is 0.336 e. The zero-order valence-corrected chi connectivity index (χ0v) is 19.2. The Morgan fingerprint density at radius 3 is 1.93 bits per heavy atom. The van der Waals surface area contributed by atoms with Gasteiger partial charge in [-0.05, 0) is 74.3 Å². The van der Waals surface area contributed by atoms with E-state index in [0.717, 1.165) is 49.7 Å². The van der Waals surface area contributed by atoms with Gasteiger partial charge in [-0.15, -0.1) is 0 Å². The van der Waals surface area contributed by atoms with Crippen molar-refractivity contribution in [3.8, 4) is 0 Å². The second-order valence-corrected chi connectivity index (χ2v) is 10.3. The van der Waals surface area contributed by atoms with Crippen molar-refractivity contribution in [1.29, 1.82) is 0 Å². The lowest BCUT2D eigenvalue weighted by atomic mass is 9.76. The third-order valence-electron chi connectivity index (χ3n) is 6.28. The van der Waals surface area contributed by atoms with Gasteiger partial charge in [0.15, 0.2) is 12.2 Å². The summed E-state index contributed by atoms with van der Waals surface area (Å²) in [6.07, 6.45) is 5.76. The summed E-state index contributed by atoms with van der Waals surface area (Å²) in [5.41, 5.74) is 2.19. The maximum Gasteiger partial charge on any atom is 0.336 e. The fourth-order valence-electron chi connectivity index (χ4n) is 4.52. The van der Waals surface area contributed by atoms with Gasteiger partial charge in [-0.2, -0.15) is 0 Å². The number of hydrogen-bond donors (Lipinski definition) is 2. The van der Waals surface area contributed by atoms with Gasteiger partial charge >= 0.3 is 11.9 Å². The average Bonchev–Trinajstić information content (AvgIpc) is 2.62. The molecule has 0 radical (unpaired) electrons. The van der Waals surface area contributed by atoms with Gasteiger partial charge in [-0.3, -0.25) is 0 Å². The van der Waals surface area contributed by atoms with Crippen molar-refractivity contribution < 1.29 is 29.3 Å². The van der Waals surface area contributed by atoms with Crippen LogP contribution in [0.5, 0.6) is 0 Å². The normalized spacial score (nSPS) is 24.7. The van der Waals surface area contributed by atoms with Crippen LogP contribution in [0.3, 0.4) is 0 Å². The Hall–Kier alpha value is -1.66. The zero-order valence-electron chi connectivity index (χ0n) is 19.2. The Balaban J connectivity index is 2.16. The molecule has 2 aliphatic rings. The van der Waals surface area contributed by atoms with Gasteiger partial charge in [0.1, 0.15) is 0 Å². The van der Waals surface area contributed by atoms with Crippen molar-refractivity contribution >= 4 is 11.9 Å². The molecule has 0 heterocycles. The van der Waals surface area contributed by atoms with Crippen LogP contribution in [0.2, 0.25) is 0 Å². The van der Waals surface area contributed by atoms with Crippen LogP contribution in [0.15, 0.2) is 23.3 Å². The maximum atomic E-state index is 11.9. The second kappa shape index (κ2) is 9.65. The van der Waals surface area contributed by atoms with Crippen LogP contribution in [0.4, 0.5) is 0 Å². The minimum absolute atomic E-state index is 0.0292. The molecule has 2 rings (SSSR count). The number of ether oxygens (including phenoxy) is 2. The van der Waals surface area contributed by atoms with E-state index in [0.29, 0.717) is 0 Å². The summed E-state index contributed by atoms with van der Waals surface area (Å²) in [4.78, 5) is 23.9. The van der Waals surface area contributed by atoms with Gasteiger partial charge in [0.2, 0.25) is 0 Å². The molecule has 0 aliphatic heterocycles. The molecule has 0 amide bonds. The molecule has 0 aromatic carbocycles. The minimum atomic E-state index is -1.58. The lowest BCUT2D eigenvalue weighted by molar-refractivity contribution is -0.182. The highest BCUT2D eigenvalue weighted by atomic mass is 16.6. The van der Waals surface area contributed by atoms with Crippen LogP contribution in [-0.4, -0.2) is 46.6 Å². The molecule has 0 saturated carbocycles. The minimum Gasteiger partial charge on any atom is -0.479 e.